The number of hydrogen-bond acceptors (Lipinski definition) is 4. The van der Waals surface area contributed by atoms with Crippen LogP contribution in [-0.4, -0.2) is 64.2 Å². The Hall–Kier alpha value is -0.580. The molecule has 0 aromatic heterocycles. The van der Waals surface area contributed by atoms with Crippen LogP contribution in [0.4, 0.5) is 0 Å². The minimum Gasteiger partial charge on any atom is -0.461 e. The summed E-state index contributed by atoms with van der Waals surface area (Å²) in [4.78, 5) is 14.7. The normalized spacial score (nSPS) is 9.00. The van der Waals surface area contributed by atoms with Gasteiger partial charge in [-0.25, -0.2) is 4.79 Å². The Morgan fingerprint density at radius 1 is 1.19 bits per heavy atom. The highest BCUT2D eigenvalue weighted by Crippen LogP contribution is 1.91. The van der Waals surface area contributed by atoms with E-state index in [-0.39, 0.29) is 18.4 Å². The molecule has 16 heavy (non-hydrogen) atoms. The number of likely N-dealkylation sites (N-methyl/N-ethyl adjacent to an activating group) is 1. The van der Waals surface area contributed by atoms with E-state index in [0.717, 1.165) is 6.54 Å². The maximum absolute atomic E-state index is 10.8. The van der Waals surface area contributed by atoms with E-state index in [1.807, 2.05) is 45.0 Å². The second kappa shape index (κ2) is 12.5. The quantitative estimate of drug-likeness (QED) is 0.557. The molecule has 0 unspecified atom stereocenters. The van der Waals surface area contributed by atoms with Crippen LogP contribution in [0.25, 0.3) is 0 Å². The van der Waals surface area contributed by atoms with Gasteiger partial charge in [-0.2, -0.15) is 0 Å². The van der Waals surface area contributed by atoms with E-state index in [2.05, 4.69) is 6.58 Å². The summed E-state index contributed by atoms with van der Waals surface area (Å²) in [6.45, 7) is 6.28. The molecule has 0 amide bonds. The summed E-state index contributed by atoms with van der Waals surface area (Å²) in [5.74, 6) is -0.313. The van der Waals surface area contributed by atoms with Crippen molar-refractivity contribution in [2.75, 3.05) is 48.4 Å². The Bertz CT molecular complexity index is 192. The largest absolute Gasteiger partial charge is 0.461 e. The number of esters is 1. The van der Waals surface area contributed by atoms with Crippen LogP contribution < -0.4 is 0 Å². The van der Waals surface area contributed by atoms with Crippen LogP contribution in [0.5, 0.6) is 0 Å². The molecule has 0 atom stereocenters. The fourth-order valence-corrected chi connectivity index (χ4v) is 0.444. The molecule has 98 valence electrons. The van der Waals surface area contributed by atoms with Gasteiger partial charge < -0.3 is 14.5 Å². The standard InChI is InChI=1S/C8H15NO2.C3H9N.ClH/c1-7(2)8(10)11-6-5-9(3)4;1-4(2)3;/h1,5-6H2,2-4H3;1-3H3;1H. The Morgan fingerprint density at radius 3 is 1.81 bits per heavy atom. The van der Waals surface area contributed by atoms with Crippen LogP contribution in [0.2, 0.25) is 0 Å². The van der Waals surface area contributed by atoms with Gasteiger partial charge in [-0.3, -0.25) is 0 Å². The van der Waals surface area contributed by atoms with Gasteiger partial charge in [-0.15, -0.1) is 12.4 Å². The van der Waals surface area contributed by atoms with Crippen molar-refractivity contribution in [2.24, 2.45) is 0 Å². The summed E-state index contributed by atoms with van der Waals surface area (Å²) in [7, 11) is 9.85. The lowest BCUT2D eigenvalue weighted by molar-refractivity contribution is -0.139. The van der Waals surface area contributed by atoms with Gasteiger partial charge in [0.2, 0.25) is 0 Å². The Kier molecular flexibility index (Phi) is 16.2. The predicted octanol–water partition coefficient (Wildman–Crippen LogP) is 1.27. The molecular formula is C11H25ClN2O2. The van der Waals surface area contributed by atoms with Crippen molar-refractivity contribution in [3.8, 4) is 0 Å². The van der Waals surface area contributed by atoms with E-state index < -0.39 is 0 Å². The number of nitrogens with zero attached hydrogens (tertiary/aromatic N) is 2. The van der Waals surface area contributed by atoms with Gasteiger partial charge >= 0.3 is 5.97 Å². The molecule has 0 aliphatic heterocycles. The fraction of sp³-hybridized carbons (Fsp3) is 0.727. The average Bonchev–Trinajstić information content (AvgIpc) is 2.01. The Morgan fingerprint density at radius 2 is 1.56 bits per heavy atom. The van der Waals surface area contributed by atoms with Gasteiger partial charge in [-0.05, 0) is 42.2 Å². The SMILES string of the molecule is C=C(C)C(=O)OCCN(C)C.CN(C)C.Cl. The first-order valence-electron chi connectivity index (χ1n) is 4.85. The zero-order chi connectivity index (χ0) is 12.4. The second-order valence-corrected chi connectivity index (χ2v) is 4.06. The van der Waals surface area contributed by atoms with Gasteiger partial charge in [0.05, 0.1) is 0 Å². The summed E-state index contributed by atoms with van der Waals surface area (Å²) >= 11 is 0. The predicted molar refractivity (Wildman–Crippen MR) is 71.2 cm³/mol. The summed E-state index contributed by atoms with van der Waals surface area (Å²) in [5, 5.41) is 0. The highest BCUT2D eigenvalue weighted by molar-refractivity contribution is 5.86. The summed E-state index contributed by atoms with van der Waals surface area (Å²) in [5.41, 5.74) is 0.448. The van der Waals surface area contributed by atoms with Crippen LogP contribution in [0.3, 0.4) is 0 Å². The third-order valence-electron chi connectivity index (χ3n) is 1.12. The molecule has 0 heterocycles. The van der Waals surface area contributed by atoms with E-state index in [0.29, 0.717) is 12.2 Å². The molecule has 0 rings (SSSR count). The highest BCUT2D eigenvalue weighted by Gasteiger charge is 2.01. The molecule has 5 heteroatoms. The van der Waals surface area contributed by atoms with Crippen molar-refractivity contribution >= 4 is 18.4 Å². The number of hydrogen-bond donors (Lipinski definition) is 0. The Balaban J connectivity index is -0.000000292. The number of rotatable bonds is 4. The zero-order valence-corrected chi connectivity index (χ0v) is 12.1. The summed E-state index contributed by atoms with van der Waals surface area (Å²) in [6, 6.07) is 0. The van der Waals surface area contributed by atoms with E-state index in [4.69, 9.17) is 4.74 Å². The van der Waals surface area contributed by atoms with E-state index >= 15 is 0 Å². The first-order valence-corrected chi connectivity index (χ1v) is 4.85. The molecular weight excluding hydrogens is 228 g/mol. The molecule has 0 saturated heterocycles. The van der Waals surface area contributed by atoms with Crippen molar-refractivity contribution in [3.05, 3.63) is 12.2 Å². The van der Waals surface area contributed by atoms with Crippen LogP contribution >= 0.6 is 12.4 Å². The van der Waals surface area contributed by atoms with Gasteiger partial charge in [0.15, 0.2) is 0 Å². The highest BCUT2D eigenvalue weighted by atomic mass is 35.5. The van der Waals surface area contributed by atoms with Crippen LogP contribution in [0.15, 0.2) is 12.2 Å². The topological polar surface area (TPSA) is 32.8 Å². The van der Waals surface area contributed by atoms with Crippen molar-refractivity contribution in [1.29, 1.82) is 0 Å². The lowest BCUT2D eigenvalue weighted by Gasteiger charge is -2.09. The lowest BCUT2D eigenvalue weighted by atomic mass is 10.4. The van der Waals surface area contributed by atoms with Crippen molar-refractivity contribution in [1.82, 2.24) is 9.80 Å². The van der Waals surface area contributed by atoms with E-state index in [1.165, 1.54) is 0 Å². The molecule has 4 nitrogen and oxygen atoms in total. The van der Waals surface area contributed by atoms with Crippen LogP contribution in [0, 0.1) is 0 Å². The Labute approximate surface area is 106 Å². The molecule has 0 aromatic rings. The molecule has 0 N–H and O–H groups in total. The molecule has 0 spiro atoms. The molecule has 0 aliphatic rings. The van der Waals surface area contributed by atoms with Crippen LogP contribution in [0.1, 0.15) is 6.92 Å². The monoisotopic (exact) mass is 252 g/mol. The molecule has 0 saturated carbocycles. The minimum absolute atomic E-state index is 0. The first kappa shape index (κ1) is 20.8. The van der Waals surface area contributed by atoms with E-state index in [9.17, 15) is 4.79 Å². The number of halogens is 1. The molecule has 0 fully saturated rings. The molecule has 0 aromatic carbocycles. The molecule has 0 aliphatic carbocycles. The maximum atomic E-state index is 10.8. The minimum atomic E-state index is -0.313. The second-order valence-electron chi connectivity index (χ2n) is 4.06. The van der Waals surface area contributed by atoms with Crippen LogP contribution in [-0.2, 0) is 9.53 Å². The van der Waals surface area contributed by atoms with Gasteiger partial charge in [-0.1, -0.05) is 6.58 Å². The smallest absolute Gasteiger partial charge is 0.333 e. The number of carbonyl (C=O) groups excluding carboxylic acids is 1. The third-order valence-corrected chi connectivity index (χ3v) is 1.12. The van der Waals surface area contributed by atoms with Crippen molar-refractivity contribution in [2.45, 2.75) is 6.92 Å². The maximum Gasteiger partial charge on any atom is 0.333 e. The van der Waals surface area contributed by atoms with Crippen molar-refractivity contribution < 1.29 is 9.53 Å². The zero-order valence-electron chi connectivity index (χ0n) is 11.2. The number of ether oxygens (including phenoxy) is 1. The first-order chi connectivity index (χ1) is 6.77. The van der Waals surface area contributed by atoms with Gasteiger partial charge in [0, 0.05) is 12.1 Å². The third kappa shape index (κ3) is 23.3. The van der Waals surface area contributed by atoms with Gasteiger partial charge in [0.1, 0.15) is 6.61 Å². The average molecular weight is 253 g/mol. The van der Waals surface area contributed by atoms with Crippen molar-refractivity contribution in [3.63, 3.8) is 0 Å². The summed E-state index contributed by atoms with van der Waals surface area (Å²) in [6.07, 6.45) is 0. The molecule has 0 radical (unpaired) electrons. The number of carbonyl (C=O) groups is 1. The molecule has 0 bridgehead atoms. The summed E-state index contributed by atoms with van der Waals surface area (Å²) < 4.78 is 4.83. The fourth-order valence-electron chi connectivity index (χ4n) is 0.444. The van der Waals surface area contributed by atoms with E-state index in [1.54, 1.807) is 6.92 Å². The lowest BCUT2D eigenvalue weighted by Crippen LogP contribution is -2.20. The van der Waals surface area contributed by atoms with Gasteiger partial charge in [0.25, 0.3) is 0 Å².